The Labute approximate surface area is 121 Å². The SMILES string of the molecule is Cc1cc(Oc2ccc(C#N)cc2F)c([C@@H](C)O)cc1F. The number of halogens is 2. The lowest BCUT2D eigenvalue weighted by molar-refractivity contribution is 0.195. The zero-order valence-corrected chi connectivity index (χ0v) is 11.5. The fourth-order valence-electron chi connectivity index (χ4n) is 1.86. The number of nitrogens with zero attached hydrogens (tertiary/aromatic N) is 1. The van der Waals surface area contributed by atoms with Crippen molar-refractivity contribution in [1.29, 1.82) is 5.26 Å². The molecule has 2 aromatic rings. The van der Waals surface area contributed by atoms with Crippen LogP contribution in [0.3, 0.4) is 0 Å². The predicted molar refractivity (Wildman–Crippen MR) is 73.0 cm³/mol. The Bertz CT molecular complexity index is 721. The number of aliphatic hydroxyl groups is 1. The van der Waals surface area contributed by atoms with Gasteiger partial charge in [-0.05, 0) is 49.7 Å². The number of aliphatic hydroxyl groups excluding tert-OH is 1. The summed E-state index contributed by atoms with van der Waals surface area (Å²) >= 11 is 0. The Kier molecular flexibility index (Phi) is 4.20. The maximum Gasteiger partial charge on any atom is 0.167 e. The molecular weight excluding hydrogens is 276 g/mol. The van der Waals surface area contributed by atoms with Gasteiger partial charge in [0.2, 0.25) is 0 Å². The normalized spacial score (nSPS) is 11.8. The van der Waals surface area contributed by atoms with Crippen LogP contribution in [-0.4, -0.2) is 5.11 Å². The van der Waals surface area contributed by atoms with E-state index in [1.54, 1.807) is 6.92 Å². The van der Waals surface area contributed by atoms with Gasteiger partial charge in [0.05, 0.1) is 17.7 Å². The van der Waals surface area contributed by atoms with Crippen molar-refractivity contribution in [2.45, 2.75) is 20.0 Å². The quantitative estimate of drug-likeness (QED) is 0.929. The van der Waals surface area contributed by atoms with Crippen molar-refractivity contribution in [1.82, 2.24) is 0 Å². The lowest BCUT2D eigenvalue weighted by Gasteiger charge is -2.15. The lowest BCUT2D eigenvalue weighted by Crippen LogP contribution is -2.00. The number of nitriles is 1. The molecule has 0 saturated carbocycles. The van der Waals surface area contributed by atoms with Gasteiger partial charge in [0, 0.05) is 5.56 Å². The smallest absolute Gasteiger partial charge is 0.167 e. The van der Waals surface area contributed by atoms with Gasteiger partial charge in [0.15, 0.2) is 11.6 Å². The molecule has 108 valence electrons. The summed E-state index contributed by atoms with van der Waals surface area (Å²) in [6.07, 6.45) is -0.962. The maximum atomic E-state index is 13.8. The minimum atomic E-state index is -0.962. The molecule has 2 aromatic carbocycles. The van der Waals surface area contributed by atoms with Crippen molar-refractivity contribution in [2.24, 2.45) is 0 Å². The van der Waals surface area contributed by atoms with Crippen molar-refractivity contribution in [3.63, 3.8) is 0 Å². The van der Waals surface area contributed by atoms with Gasteiger partial charge < -0.3 is 9.84 Å². The van der Waals surface area contributed by atoms with Crippen molar-refractivity contribution in [3.8, 4) is 17.6 Å². The first-order valence-corrected chi connectivity index (χ1v) is 6.28. The van der Waals surface area contributed by atoms with Crippen molar-refractivity contribution >= 4 is 0 Å². The third-order valence-corrected chi connectivity index (χ3v) is 3.02. The summed E-state index contributed by atoms with van der Waals surface area (Å²) in [5.74, 6) is -1.10. The van der Waals surface area contributed by atoms with E-state index in [0.29, 0.717) is 5.56 Å². The van der Waals surface area contributed by atoms with Crippen LogP contribution in [0.25, 0.3) is 0 Å². The van der Waals surface area contributed by atoms with E-state index in [4.69, 9.17) is 10.00 Å². The first-order chi connectivity index (χ1) is 9.92. The third-order valence-electron chi connectivity index (χ3n) is 3.02. The standard InChI is InChI=1S/C16H13F2NO2/c1-9-5-16(12(10(2)20)7-13(9)17)21-15-4-3-11(8-19)6-14(15)18/h3-7,10,20H,1-2H3/t10-/m1/s1. The highest BCUT2D eigenvalue weighted by Crippen LogP contribution is 2.33. The second kappa shape index (κ2) is 5.90. The largest absolute Gasteiger partial charge is 0.454 e. The predicted octanol–water partition coefficient (Wildman–Crippen LogP) is 3.99. The zero-order chi connectivity index (χ0) is 15.6. The molecule has 0 aliphatic carbocycles. The van der Waals surface area contributed by atoms with Crippen LogP contribution in [0.1, 0.15) is 29.7 Å². The Balaban J connectivity index is 2.44. The average Bonchev–Trinajstić information content (AvgIpc) is 2.44. The van der Waals surface area contributed by atoms with Gasteiger partial charge >= 0.3 is 0 Å². The Hall–Kier alpha value is -2.45. The fourth-order valence-corrected chi connectivity index (χ4v) is 1.86. The van der Waals surface area contributed by atoms with E-state index in [9.17, 15) is 13.9 Å². The molecule has 2 rings (SSSR count). The second-order valence-corrected chi connectivity index (χ2v) is 4.67. The molecule has 0 bridgehead atoms. The minimum absolute atomic E-state index is 0.0955. The summed E-state index contributed by atoms with van der Waals surface area (Å²) < 4.78 is 32.8. The highest BCUT2D eigenvalue weighted by Gasteiger charge is 2.15. The molecule has 1 atom stereocenters. The lowest BCUT2D eigenvalue weighted by atomic mass is 10.1. The summed E-state index contributed by atoms with van der Waals surface area (Å²) in [6, 6.07) is 8.16. The molecule has 0 fully saturated rings. The van der Waals surface area contributed by atoms with Crippen molar-refractivity contribution in [2.75, 3.05) is 0 Å². The summed E-state index contributed by atoms with van der Waals surface area (Å²) in [4.78, 5) is 0. The molecule has 0 saturated heterocycles. The molecular formula is C16H13F2NO2. The van der Waals surface area contributed by atoms with Crippen LogP contribution in [0.5, 0.6) is 11.5 Å². The molecule has 21 heavy (non-hydrogen) atoms. The topological polar surface area (TPSA) is 53.2 Å². The number of hydrogen-bond acceptors (Lipinski definition) is 3. The Morgan fingerprint density at radius 3 is 2.43 bits per heavy atom. The van der Waals surface area contributed by atoms with Crippen LogP contribution in [0, 0.1) is 29.9 Å². The first kappa shape index (κ1) is 14.9. The molecule has 0 aliphatic heterocycles. The number of ether oxygens (including phenoxy) is 1. The maximum absolute atomic E-state index is 13.8. The molecule has 1 N–H and O–H groups in total. The Morgan fingerprint density at radius 2 is 1.86 bits per heavy atom. The van der Waals surface area contributed by atoms with Gasteiger partial charge in [-0.2, -0.15) is 5.26 Å². The van der Waals surface area contributed by atoms with Gasteiger partial charge in [0.1, 0.15) is 11.6 Å². The van der Waals surface area contributed by atoms with Crippen LogP contribution in [0.4, 0.5) is 8.78 Å². The van der Waals surface area contributed by atoms with E-state index in [1.807, 2.05) is 6.07 Å². The highest BCUT2D eigenvalue weighted by atomic mass is 19.1. The van der Waals surface area contributed by atoms with E-state index in [1.165, 1.54) is 25.1 Å². The summed E-state index contributed by atoms with van der Waals surface area (Å²) in [6.45, 7) is 3.01. The van der Waals surface area contributed by atoms with Crippen LogP contribution < -0.4 is 4.74 Å². The Morgan fingerprint density at radius 1 is 1.14 bits per heavy atom. The molecule has 0 spiro atoms. The zero-order valence-electron chi connectivity index (χ0n) is 11.5. The van der Waals surface area contributed by atoms with Gasteiger partial charge in [0.25, 0.3) is 0 Å². The van der Waals surface area contributed by atoms with Gasteiger partial charge in [-0.15, -0.1) is 0 Å². The van der Waals surface area contributed by atoms with Crippen LogP contribution in [0.15, 0.2) is 30.3 Å². The highest BCUT2D eigenvalue weighted by molar-refractivity contribution is 5.44. The summed E-state index contributed by atoms with van der Waals surface area (Å²) in [5.41, 5.74) is 0.719. The van der Waals surface area contributed by atoms with E-state index < -0.39 is 17.7 Å². The van der Waals surface area contributed by atoms with Crippen molar-refractivity contribution in [3.05, 3.63) is 58.7 Å². The average molecular weight is 289 g/mol. The first-order valence-electron chi connectivity index (χ1n) is 6.28. The van der Waals surface area contributed by atoms with Gasteiger partial charge in [-0.3, -0.25) is 0 Å². The van der Waals surface area contributed by atoms with Crippen LogP contribution in [0.2, 0.25) is 0 Å². The third kappa shape index (κ3) is 3.18. The number of rotatable bonds is 3. The molecule has 0 amide bonds. The van der Waals surface area contributed by atoms with Crippen molar-refractivity contribution < 1.29 is 18.6 Å². The molecule has 0 heterocycles. The molecule has 0 aliphatic rings. The molecule has 0 radical (unpaired) electrons. The molecule has 5 heteroatoms. The van der Waals surface area contributed by atoms with E-state index >= 15 is 0 Å². The van der Waals surface area contributed by atoms with E-state index in [2.05, 4.69) is 0 Å². The van der Waals surface area contributed by atoms with Crippen LogP contribution >= 0.6 is 0 Å². The second-order valence-electron chi connectivity index (χ2n) is 4.67. The van der Waals surface area contributed by atoms with E-state index in [-0.39, 0.29) is 22.6 Å². The number of hydrogen-bond donors (Lipinski definition) is 1. The molecule has 0 unspecified atom stereocenters. The van der Waals surface area contributed by atoms with E-state index in [0.717, 1.165) is 12.1 Å². The van der Waals surface area contributed by atoms with Gasteiger partial charge in [-0.1, -0.05) is 0 Å². The summed E-state index contributed by atoms with van der Waals surface area (Å²) in [7, 11) is 0. The summed E-state index contributed by atoms with van der Waals surface area (Å²) in [5, 5.41) is 18.4. The molecule has 3 nitrogen and oxygen atoms in total. The molecule has 0 aromatic heterocycles. The fraction of sp³-hybridized carbons (Fsp3) is 0.188. The minimum Gasteiger partial charge on any atom is -0.454 e. The number of aryl methyl sites for hydroxylation is 1. The monoisotopic (exact) mass is 289 g/mol. The number of benzene rings is 2. The van der Waals surface area contributed by atoms with Crippen LogP contribution in [-0.2, 0) is 0 Å². The van der Waals surface area contributed by atoms with Gasteiger partial charge in [-0.25, -0.2) is 8.78 Å².